The number of hydrogen-bond acceptors (Lipinski definition) is 4. The van der Waals surface area contributed by atoms with Crippen molar-refractivity contribution >= 4 is 11.9 Å². The summed E-state index contributed by atoms with van der Waals surface area (Å²) in [4.78, 5) is 27.4. The number of hydrogen-bond donors (Lipinski definition) is 4. The molecule has 2 aromatic rings. The maximum absolute atomic E-state index is 12.9. The second kappa shape index (κ2) is 8.91. The summed E-state index contributed by atoms with van der Waals surface area (Å²) < 4.78 is 12.9. The van der Waals surface area contributed by atoms with Gasteiger partial charge < -0.3 is 21.1 Å². The number of pyridine rings is 1. The number of carbonyl (C=O) groups excluding carboxylic acids is 2. The van der Waals surface area contributed by atoms with E-state index in [4.69, 9.17) is 0 Å². The van der Waals surface area contributed by atoms with Crippen LogP contribution in [-0.2, 0) is 5.60 Å². The molecule has 1 atom stereocenters. The molecule has 0 fully saturated rings. The van der Waals surface area contributed by atoms with Crippen LogP contribution in [0.1, 0.15) is 22.8 Å². The summed E-state index contributed by atoms with van der Waals surface area (Å²) in [5, 5.41) is 18.1. The topological polar surface area (TPSA) is 103 Å². The van der Waals surface area contributed by atoms with Gasteiger partial charge in [0.15, 0.2) is 0 Å². The van der Waals surface area contributed by atoms with Crippen LogP contribution < -0.4 is 16.0 Å². The molecule has 0 saturated carbocycles. The smallest absolute Gasteiger partial charge is 0.314 e. The summed E-state index contributed by atoms with van der Waals surface area (Å²) in [5.74, 6) is -0.678. The van der Waals surface area contributed by atoms with Gasteiger partial charge in [-0.25, -0.2) is 9.18 Å². The molecule has 0 aliphatic carbocycles. The van der Waals surface area contributed by atoms with Crippen LogP contribution in [0.4, 0.5) is 9.18 Å². The molecule has 7 nitrogen and oxygen atoms in total. The average Bonchev–Trinajstić information content (AvgIpc) is 2.64. The minimum Gasteiger partial charge on any atom is -0.384 e. The molecule has 8 heteroatoms. The normalized spacial score (nSPS) is 12.7. The number of nitrogens with zero attached hydrogens (tertiary/aromatic N) is 1. The molecule has 26 heavy (non-hydrogen) atoms. The standard InChI is InChI=1S/C18H21FN4O3/c1-18(26,14-4-6-15(19)7-5-14)12-23-17(25)22-10-9-21-16(24)13-3-2-8-20-11-13/h2-8,11,26H,9-10,12H2,1H3,(H,21,24)(H2,22,23,25). The number of rotatable bonds is 7. The number of urea groups is 1. The van der Waals surface area contributed by atoms with E-state index in [2.05, 4.69) is 20.9 Å². The van der Waals surface area contributed by atoms with Crippen LogP contribution in [0.5, 0.6) is 0 Å². The molecule has 3 amide bonds. The van der Waals surface area contributed by atoms with Gasteiger partial charge in [-0.1, -0.05) is 12.1 Å². The van der Waals surface area contributed by atoms with E-state index in [1.807, 2.05) is 0 Å². The molecule has 1 heterocycles. The van der Waals surface area contributed by atoms with Crippen molar-refractivity contribution < 1.29 is 19.1 Å². The number of nitrogens with one attached hydrogen (secondary N) is 3. The Balaban J connectivity index is 1.68. The molecule has 0 radical (unpaired) electrons. The Labute approximate surface area is 150 Å². The van der Waals surface area contributed by atoms with E-state index in [-0.39, 0.29) is 25.5 Å². The van der Waals surface area contributed by atoms with Crippen LogP contribution in [0, 0.1) is 5.82 Å². The zero-order valence-corrected chi connectivity index (χ0v) is 14.3. The predicted octanol–water partition coefficient (Wildman–Crippen LogP) is 1.16. The summed E-state index contributed by atoms with van der Waals surface area (Å²) >= 11 is 0. The van der Waals surface area contributed by atoms with Gasteiger partial charge in [-0.2, -0.15) is 0 Å². The van der Waals surface area contributed by atoms with E-state index in [1.165, 1.54) is 37.4 Å². The van der Waals surface area contributed by atoms with Gasteiger partial charge >= 0.3 is 6.03 Å². The fourth-order valence-corrected chi connectivity index (χ4v) is 2.18. The van der Waals surface area contributed by atoms with Crippen molar-refractivity contribution in [2.75, 3.05) is 19.6 Å². The van der Waals surface area contributed by atoms with Gasteiger partial charge in [0, 0.05) is 25.5 Å². The summed E-state index contributed by atoms with van der Waals surface area (Å²) in [6.07, 6.45) is 3.02. The van der Waals surface area contributed by atoms with Crippen molar-refractivity contribution in [2.45, 2.75) is 12.5 Å². The quantitative estimate of drug-likeness (QED) is 0.556. The number of amides is 3. The van der Waals surface area contributed by atoms with Crippen molar-refractivity contribution in [3.05, 3.63) is 65.7 Å². The van der Waals surface area contributed by atoms with E-state index >= 15 is 0 Å². The first-order chi connectivity index (χ1) is 12.4. The maximum Gasteiger partial charge on any atom is 0.314 e. The molecular formula is C18H21FN4O3. The summed E-state index contributed by atoms with van der Waals surface area (Å²) in [6, 6.07) is 8.23. The molecule has 0 aliphatic heterocycles. The van der Waals surface area contributed by atoms with Crippen LogP contribution in [0.3, 0.4) is 0 Å². The molecule has 0 bridgehead atoms. The average molecular weight is 360 g/mol. The minimum atomic E-state index is -1.33. The molecule has 1 aromatic carbocycles. The van der Waals surface area contributed by atoms with Gasteiger partial charge in [-0.3, -0.25) is 9.78 Å². The predicted molar refractivity (Wildman–Crippen MR) is 93.9 cm³/mol. The third kappa shape index (κ3) is 5.82. The van der Waals surface area contributed by atoms with Crippen molar-refractivity contribution in [2.24, 2.45) is 0 Å². The van der Waals surface area contributed by atoms with Crippen LogP contribution in [0.2, 0.25) is 0 Å². The zero-order valence-electron chi connectivity index (χ0n) is 14.3. The molecular weight excluding hydrogens is 339 g/mol. The van der Waals surface area contributed by atoms with Crippen LogP contribution in [0.25, 0.3) is 0 Å². The number of carbonyl (C=O) groups is 2. The highest BCUT2D eigenvalue weighted by Gasteiger charge is 2.23. The fourth-order valence-electron chi connectivity index (χ4n) is 2.18. The Morgan fingerprint density at radius 2 is 1.81 bits per heavy atom. The summed E-state index contributed by atoms with van der Waals surface area (Å²) in [7, 11) is 0. The van der Waals surface area contributed by atoms with Crippen LogP contribution in [0.15, 0.2) is 48.8 Å². The van der Waals surface area contributed by atoms with Crippen molar-refractivity contribution in [1.29, 1.82) is 0 Å². The van der Waals surface area contributed by atoms with Gasteiger partial charge in [0.05, 0.1) is 12.1 Å². The maximum atomic E-state index is 12.9. The molecule has 4 N–H and O–H groups in total. The van der Waals surface area contributed by atoms with Gasteiger partial charge in [-0.05, 0) is 36.8 Å². The van der Waals surface area contributed by atoms with Crippen LogP contribution in [-0.4, -0.2) is 41.7 Å². The number of benzene rings is 1. The minimum absolute atomic E-state index is 0.0491. The second-order valence-electron chi connectivity index (χ2n) is 5.89. The number of halogens is 1. The molecule has 138 valence electrons. The van der Waals surface area contributed by atoms with E-state index in [0.29, 0.717) is 11.1 Å². The third-order valence-electron chi connectivity index (χ3n) is 3.68. The fraction of sp³-hybridized carbons (Fsp3) is 0.278. The largest absolute Gasteiger partial charge is 0.384 e. The van der Waals surface area contributed by atoms with Gasteiger partial charge in [-0.15, -0.1) is 0 Å². The summed E-state index contributed by atoms with van der Waals surface area (Å²) in [5.41, 5.74) is -0.408. The number of aliphatic hydroxyl groups is 1. The Kier molecular flexibility index (Phi) is 6.62. The lowest BCUT2D eigenvalue weighted by atomic mass is 9.96. The molecule has 0 saturated heterocycles. The lowest BCUT2D eigenvalue weighted by Gasteiger charge is -2.24. The first kappa shape index (κ1) is 19.3. The van der Waals surface area contributed by atoms with E-state index in [0.717, 1.165) is 0 Å². The molecule has 0 aliphatic rings. The second-order valence-corrected chi connectivity index (χ2v) is 5.89. The Bertz CT molecular complexity index is 736. The SMILES string of the molecule is CC(O)(CNC(=O)NCCNC(=O)c1cccnc1)c1ccc(F)cc1. The van der Waals surface area contributed by atoms with Crippen molar-refractivity contribution in [3.8, 4) is 0 Å². The van der Waals surface area contributed by atoms with Gasteiger partial charge in [0.1, 0.15) is 11.4 Å². The Morgan fingerprint density at radius 1 is 1.12 bits per heavy atom. The Hall–Kier alpha value is -3.00. The highest BCUT2D eigenvalue weighted by molar-refractivity contribution is 5.93. The first-order valence-electron chi connectivity index (χ1n) is 8.07. The zero-order chi connectivity index (χ0) is 19.0. The highest BCUT2D eigenvalue weighted by atomic mass is 19.1. The third-order valence-corrected chi connectivity index (χ3v) is 3.68. The lowest BCUT2D eigenvalue weighted by molar-refractivity contribution is 0.0593. The van der Waals surface area contributed by atoms with Crippen LogP contribution >= 0.6 is 0 Å². The molecule has 1 unspecified atom stereocenters. The van der Waals surface area contributed by atoms with Crippen molar-refractivity contribution in [3.63, 3.8) is 0 Å². The molecule has 0 spiro atoms. The number of aromatic nitrogens is 1. The Morgan fingerprint density at radius 3 is 2.46 bits per heavy atom. The molecule has 1 aromatic heterocycles. The highest BCUT2D eigenvalue weighted by Crippen LogP contribution is 2.19. The van der Waals surface area contributed by atoms with E-state index < -0.39 is 17.4 Å². The van der Waals surface area contributed by atoms with Crippen molar-refractivity contribution in [1.82, 2.24) is 20.9 Å². The lowest BCUT2D eigenvalue weighted by Crippen LogP contribution is -2.45. The van der Waals surface area contributed by atoms with E-state index in [1.54, 1.807) is 18.3 Å². The van der Waals surface area contributed by atoms with Gasteiger partial charge in [0.2, 0.25) is 0 Å². The first-order valence-corrected chi connectivity index (χ1v) is 8.07. The monoisotopic (exact) mass is 360 g/mol. The summed E-state index contributed by atoms with van der Waals surface area (Å²) in [6.45, 7) is 1.94. The molecule has 2 rings (SSSR count). The van der Waals surface area contributed by atoms with Gasteiger partial charge in [0.25, 0.3) is 5.91 Å². The van der Waals surface area contributed by atoms with E-state index in [9.17, 15) is 19.1 Å².